The zero-order chi connectivity index (χ0) is 22.1. The summed E-state index contributed by atoms with van der Waals surface area (Å²) < 4.78 is 5.20. The summed E-state index contributed by atoms with van der Waals surface area (Å²) in [6.07, 6.45) is 3.17. The molecule has 0 atom stereocenters. The Morgan fingerprint density at radius 1 is 1.27 bits per heavy atom. The lowest BCUT2D eigenvalue weighted by Gasteiger charge is -2.06. The predicted octanol–water partition coefficient (Wildman–Crippen LogP) is 4.29. The number of ether oxygens (including phenoxy) is 1. The molecule has 9 heteroatoms. The fourth-order valence-corrected chi connectivity index (χ4v) is 2.55. The number of esters is 1. The lowest BCUT2D eigenvalue weighted by molar-refractivity contribution is -0.384. The van der Waals surface area contributed by atoms with Crippen molar-refractivity contribution in [2.75, 3.05) is 6.54 Å². The number of carbonyl (C=O) groups is 2. The van der Waals surface area contributed by atoms with Crippen LogP contribution >= 0.6 is 11.6 Å². The summed E-state index contributed by atoms with van der Waals surface area (Å²) >= 11 is 5.73. The highest BCUT2D eigenvalue weighted by Gasteiger charge is 2.17. The number of unbranched alkanes of at least 4 members (excludes halogenated alkanes) is 1. The average molecular weight is 428 g/mol. The van der Waals surface area contributed by atoms with E-state index >= 15 is 0 Å². The first kappa shape index (κ1) is 22.6. The van der Waals surface area contributed by atoms with Gasteiger partial charge in [-0.2, -0.15) is 5.26 Å². The van der Waals surface area contributed by atoms with Crippen LogP contribution in [0.4, 0.5) is 5.69 Å². The molecule has 0 fully saturated rings. The van der Waals surface area contributed by atoms with Gasteiger partial charge in [-0.05, 0) is 42.3 Å². The van der Waals surface area contributed by atoms with Crippen molar-refractivity contribution >= 4 is 35.2 Å². The third-order valence-corrected chi connectivity index (χ3v) is 4.28. The van der Waals surface area contributed by atoms with Crippen LogP contribution in [0.15, 0.2) is 48.0 Å². The summed E-state index contributed by atoms with van der Waals surface area (Å²) in [6, 6.07) is 11.6. The summed E-state index contributed by atoms with van der Waals surface area (Å²) in [4.78, 5) is 34.5. The van der Waals surface area contributed by atoms with Crippen LogP contribution in [0.2, 0.25) is 5.02 Å². The largest absolute Gasteiger partial charge is 0.423 e. The molecule has 0 heterocycles. The van der Waals surface area contributed by atoms with Crippen LogP contribution in [0.25, 0.3) is 6.08 Å². The van der Waals surface area contributed by atoms with Crippen molar-refractivity contribution in [2.24, 2.45) is 0 Å². The molecule has 1 N–H and O–H groups in total. The molecule has 0 unspecified atom stereocenters. The molecule has 0 aromatic heterocycles. The van der Waals surface area contributed by atoms with Gasteiger partial charge in [0, 0.05) is 12.6 Å². The molecule has 0 aliphatic heterocycles. The minimum Gasteiger partial charge on any atom is -0.423 e. The molecular weight excluding hydrogens is 410 g/mol. The van der Waals surface area contributed by atoms with Gasteiger partial charge in [-0.15, -0.1) is 0 Å². The number of amides is 1. The zero-order valence-electron chi connectivity index (χ0n) is 16.1. The Bertz CT molecular complexity index is 1030. The highest BCUT2D eigenvalue weighted by atomic mass is 35.5. The summed E-state index contributed by atoms with van der Waals surface area (Å²) in [5.74, 6) is -1.04. The monoisotopic (exact) mass is 427 g/mol. The number of hydrogen-bond acceptors (Lipinski definition) is 6. The van der Waals surface area contributed by atoms with Gasteiger partial charge in [0.1, 0.15) is 22.4 Å². The molecule has 0 aliphatic rings. The fraction of sp³-hybridized carbons (Fsp3) is 0.190. The molecule has 154 valence electrons. The van der Waals surface area contributed by atoms with Crippen LogP contribution in [0.3, 0.4) is 0 Å². The Labute approximate surface area is 177 Å². The van der Waals surface area contributed by atoms with E-state index in [1.165, 1.54) is 30.3 Å². The maximum Gasteiger partial charge on any atom is 0.343 e. The standard InChI is InChI=1S/C21H18ClN3O5/c1-2-3-10-24-20(26)16(13-23)11-14-4-7-17(8-5-14)30-21(27)15-6-9-18(22)19(12-15)25(28)29/h4-9,11-12H,2-3,10H2,1H3,(H,24,26)/b16-11+. The number of nitrogens with zero attached hydrogens (tertiary/aromatic N) is 2. The number of nitro benzene ring substituents is 1. The predicted molar refractivity (Wildman–Crippen MR) is 111 cm³/mol. The second-order valence-corrected chi connectivity index (χ2v) is 6.57. The van der Waals surface area contributed by atoms with Crippen molar-refractivity contribution in [3.63, 3.8) is 0 Å². The molecule has 2 aromatic rings. The topological polar surface area (TPSA) is 122 Å². The summed E-state index contributed by atoms with van der Waals surface area (Å²) in [5.41, 5.74) is 0.113. The fourth-order valence-electron chi connectivity index (χ4n) is 2.37. The number of rotatable bonds is 8. The van der Waals surface area contributed by atoms with Gasteiger partial charge in [0.25, 0.3) is 11.6 Å². The van der Waals surface area contributed by atoms with Gasteiger partial charge in [-0.25, -0.2) is 4.79 Å². The normalized spacial score (nSPS) is 10.8. The minimum atomic E-state index is -0.786. The molecule has 2 aromatic carbocycles. The number of hydrogen-bond donors (Lipinski definition) is 1. The van der Waals surface area contributed by atoms with Gasteiger partial charge in [0.15, 0.2) is 0 Å². The van der Waals surface area contributed by atoms with Crippen LogP contribution in [0.1, 0.15) is 35.7 Å². The lowest BCUT2D eigenvalue weighted by Crippen LogP contribution is -2.25. The van der Waals surface area contributed by atoms with Crippen molar-refractivity contribution in [1.29, 1.82) is 5.26 Å². The van der Waals surface area contributed by atoms with Crippen LogP contribution in [-0.2, 0) is 4.79 Å². The van der Waals surface area contributed by atoms with Crippen molar-refractivity contribution in [1.82, 2.24) is 5.32 Å². The van der Waals surface area contributed by atoms with E-state index in [1.807, 2.05) is 13.0 Å². The van der Waals surface area contributed by atoms with Gasteiger partial charge >= 0.3 is 5.97 Å². The van der Waals surface area contributed by atoms with Crippen molar-refractivity contribution in [3.8, 4) is 11.8 Å². The van der Waals surface area contributed by atoms with Gasteiger partial charge < -0.3 is 10.1 Å². The second kappa shape index (κ2) is 10.7. The number of nitriles is 1. The van der Waals surface area contributed by atoms with E-state index in [9.17, 15) is 25.0 Å². The molecule has 0 saturated heterocycles. The first-order valence-electron chi connectivity index (χ1n) is 9.02. The quantitative estimate of drug-likeness (QED) is 0.127. The van der Waals surface area contributed by atoms with Gasteiger partial charge in [-0.3, -0.25) is 14.9 Å². The Kier molecular flexibility index (Phi) is 8.08. The molecule has 1 amide bonds. The lowest BCUT2D eigenvalue weighted by atomic mass is 10.1. The SMILES string of the molecule is CCCCNC(=O)/C(C#N)=C/c1ccc(OC(=O)c2ccc(Cl)c([N+](=O)[O-])c2)cc1. The Balaban J connectivity index is 2.09. The Morgan fingerprint density at radius 2 is 1.97 bits per heavy atom. The smallest absolute Gasteiger partial charge is 0.343 e. The highest BCUT2D eigenvalue weighted by Crippen LogP contribution is 2.26. The molecule has 8 nitrogen and oxygen atoms in total. The molecular formula is C21H18ClN3O5. The molecule has 0 aliphatic carbocycles. The van der Waals surface area contributed by atoms with Gasteiger partial charge in [0.2, 0.25) is 0 Å². The van der Waals surface area contributed by atoms with Gasteiger partial charge in [-0.1, -0.05) is 37.1 Å². The van der Waals surface area contributed by atoms with Crippen LogP contribution < -0.4 is 10.1 Å². The second-order valence-electron chi connectivity index (χ2n) is 6.16. The number of nitrogens with one attached hydrogen (secondary N) is 1. The van der Waals surface area contributed by atoms with E-state index < -0.39 is 22.5 Å². The summed E-state index contributed by atoms with van der Waals surface area (Å²) in [7, 11) is 0. The van der Waals surface area contributed by atoms with Crippen molar-refractivity contribution < 1.29 is 19.2 Å². The van der Waals surface area contributed by atoms with Crippen LogP contribution in [0, 0.1) is 21.4 Å². The third-order valence-electron chi connectivity index (χ3n) is 3.96. The van der Waals surface area contributed by atoms with Crippen molar-refractivity contribution in [3.05, 3.63) is 74.3 Å². The van der Waals surface area contributed by atoms with E-state index in [1.54, 1.807) is 12.1 Å². The Morgan fingerprint density at radius 3 is 2.57 bits per heavy atom. The third kappa shape index (κ3) is 6.15. The van der Waals surface area contributed by atoms with E-state index in [2.05, 4.69) is 5.32 Å². The molecule has 0 bridgehead atoms. The first-order valence-corrected chi connectivity index (χ1v) is 9.39. The molecule has 30 heavy (non-hydrogen) atoms. The summed E-state index contributed by atoms with van der Waals surface area (Å²) in [5, 5.41) is 22.7. The first-order chi connectivity index (χ1) is 14.3. The molecule has 0 radical (unpaired) electrons. The number of carbonyl (C=O) groups excluding carboxylic acids is 2. The molecule has 0 spiro atoms. The van der Waals surface area contributed by atoms with E-state index in [-0.39, 0.29) is 21.9 Å². The Hall–Kier alpha value is -3.70. The van der Waals surface area contributed by atoms with E-state index in [4.69, 9.17) is 16.3 Å². The van der Waals surface area contributed by atoms with E-state index in [0.717, 1.165) is 18.9 Å². The van der Waals surface area contributed by atoms with Gasteiger partial charge in [0.05, 0.1) is 10.5 Å². The van der Waals surface area contributed by atoms with Crippen LogP contribution in [-0.4, -0.2) is 23.3 Å². The van der Waals surface area contributed by atoms with Crippen molar-refractivity contribution in [2.45, 2.75) is 19.8 Å². The number of halogens is 1. The zero-order valence-corrected chi connectivity index (χ0v) is 16.8. The van der Waals surface area contributed by atoms with E-state index in [0.29, 0.717) is 12.1 Å². The highest BCUT2D eigenvalue weighted by molar-refractivity contribution is 6.32. The maximum absolute atomic E-state index is 12.2. The number of nitro groups is 1. The minimum absolute atomic E-state index is 0.0226. The molecule has 2 rings (SSSR count). The summed E-state index contributed by atoms with van der Waals surface area (Å²) in [6.45, 7) is 2.49. The number of benzene rings is 2. The molecule has 0 saturated carbocycles. The average Bonchev–Trinajstić information content (AvgIpc) is 2.73. The maximum atomic E-state index is 12.2. The van der Waals surface area contributed by atoms with Crippen LogP contribution in [0.5, 0.6) is 5.75 Å².